The second-order valence-electron chi connectivity index (χ2n) is 13.5. The summed E-state index contributed by atoms with van der Waals surface area (Å²) in [5, 5.41) is 38.7. The number of nitrogens with zero attached hydrogens (tertiary/aromatic N) is 3. The highest BCUT2D eigenvalue weighted by Crippen LogP contribution is 2.34. The standard InChI is InChI=1S/C36H53ClN4O13/c1-47-18-3-16-39-17-19-48-32-15-6-25(20-31(32)39)23-49-33-21-38-22-34(53-35(42)5-2-4-30(54-41(45)46)24-50-40(43)44)36(33)52-29-13-11-28(12-14-29)51-27-9-7-26(37)8-10-27/h6-10,15,20,28-30,33-34,36,38,43-46H,2-5,11-14,16-19,21-24H2,1H3. The fourth-order valence-corrected chi connectivity index (χ4v) is 7.01. The van der Waals surface area contributed by atoms with Crippen LogP contribution in [0.25, 0.3) is 0 Å². The van der Waals surface area contributed by atoms with Crippen LogP contribution in [0.5, 0.6) is 11.5 Å². The first-order chi connectivity index (χ1) is 26.2. The molecule has 4 atom stereocenters. The molecule has 0 aromatic heterocycles. The molecule has 0 amide bonds. The molecule has 2 aromatic rings. The van der Waals surface area contributed by atoms with Gasteiger partial charge in [-0.05, 0) is 86.9 Å². The molecule has 2 aliphatic heterocycles. The van der Waals surface area contributed by atoms with Gasteiger partial charge in [0.15, 0.2) is 0 Å². The van der Waals surface area contributed by atoms with Crippen LogP contribution in [0.4, 0.5) is 5.69 Å². The molecular formula is C36H53ClN4O13. The number of ether oxygens (including phenoxy) is 6. The number of anilines is 1. The summed E-state index contributed by atoms with van der Waals surface area (Å²) in [5.41, 5.74) is 2.00. The van der Waals surface area contributed by atoms with E-state index in [-0.39, 0.29) is 31.5 Å². The highest BCUT2D eigenvalue weighted by molar-refractivity contribution is 6.30. The predicted octanol–water partition coefficient (Wildman–Crippen LogP) is 4.31. The molecule has 0 spiro atoms. The number of halogens is 1. The lowest BCUT2D eigenvalue weighted by Crippen LogP contribution is -2.58. The highest BCUT2D eigenvalue weighted by Gasteiger charge is 2.40. The number of methoxy groups -OCH3 is 1. The van der Waals surface area contributed by atoms with Crippen molar-refractivity contribution >= 4 is 23.3 Å². The van der Waals surface area contributed by atoms with Gasteiger partial charge in [-0.3, -0.25) is 25.6 Å². The lowest BCUT2D eigenvalue weighted by Gasteiger charge is -2.41. The van der Waals surface area contributed by atoms with Gasteiger partial charge < -0.3 is 38.6 Å². The Morgan fingerprint density at radius 2 is 1.76 bits per heavy atom. The average Bonchev–Trinajstić information content (AvgIpc) is 3.15. The molecule has 3 aliphatic rings. The number of rotatable bonds is 21. The van der Waals surface area contributed by atoms with Gasteiger partial charge in [-0.1, -0.05) is 17.7 Å². The number of esters is 1. The van der Waals surface area contributed by atoms with E-state index in [1.54, 1.807) is 19.2 Å². The third kappa shape index (κ3) is 13.7. The first-order valence-corrected chi connectivity index (χ1v) is 18.8. The van der Waals surface area contributed by atoms with Crippen molar-refractivity contribution in [2.75, 3.05) is 58.0 Å². The summed E-state index contributed by atoms with van der Waals surface area (Å²) >= 11 is 6.04. The third-order valence-corrected chi connectivity index (χ3v) is 9.80. The van der Waals surface area contributed by atoms with Crippen LogP contribution in [0.1, 0.15) is 56.9 Å². The van der Waals surface area contributed by atoms with Gasteiger partial charge in [0.05, 0.1) is 41.8 Å². The van der Waals surface area contributed by atoms with E-state index in [1.807, 2.05) is 24.3 Å². The van der Waals surface area contributed by atoms with Crippen molar-refractivity contribution in [3.05, 3.63) is 53.1 Å². The average molecular weight is 785 g/mol. The molecular weight excluding hydrogens is 732 g/mol. The van der Waals surface area contributed by atoms with Gasteiger partial charge in [0.2, 0.25) is 0 Å². The molecule has 0 radical (unpaired) electrons. The summed E-state index contributed by atoms with van der Waals surface area (Å²) in [5.74, 6) is 1.12. The predicted molar refractivity (Wildman–Crippen MR) is 190 cm³/mol. The van der Waals surface area contributed by atoms with E-state index in [1.165, 1.54) is 0 Å². The molecule has 1 saturated carbocycles. The lowest BCUT2D eigenvalue weighted by atomic mass is 9.93. The Hall–Kier alpha value is -2.88. The van der Waals surface area contributed by atoms with Gasteiger partial charge >= 0.3 is 5.97 Å². The van der Waals surface area contributed by atoms with Crippen molar-refractivity contribution in [2.24, 2.45) is 0 Å². The number of piperidine rings is 1. The number of hydrogen-bond donors (Lipinski definition) is 5. The number of benzene rings is 2. The number of nitrogens with one attached hydrogen (secondary N) is 1. The monoisotopic (exact) mass is 784 g/mol. The zero-order valence-electron chi connectivity index (χ0n) is 30.5. The number of hydrogen-bond acceptors (Lipinski definition) is 17. The van der Waals surface area contributed by atoms with Crippen LogP contribution in [0.3, 0.4) is 0 Å². The summed E-state index contributed by atoms with van der Waals surface area (Å²) in [7, 11) is 1.70. The summed E-state index contributed by atoms with van der Waals surface area (Å²) in [6.07, 6.45) is 1.60. The van der Waals surface area contributed by atoms with Crippen molar-refractivity contribution in [3.8, 4) is 11.5 Å². The smallest absolute Gasteiger partial charge is 0.306 e. The van der Waals surface area contributed by atoms with E-state index in [4.69, 9.17) is 65.7 Å². The quantitative estimate of drug-likeness (QED) is 0.0682. The summed E-state index contributed by atoms with van der Waals surface area (Å²) in [4.78, 5) is 24.7. The lowest BCUT2D eigenvalue weighted by molar-refractivity contribution is -0.527. The largest absolute Gasteiger partial charge is 0.490 e. The third-order valence-electron chi connectivity index (χ3n) is 9.54. The van der Waals surface area contributed by atoms with Crippen LogP contribution in [0, 0.1) is 0 Å². The molecule has 2 fully saturated rings. The minimum atomic E-state index is -1.01. The minimum absolute atomic E-state index is 0.0291. The zero-order chi connectivity index (χ0) is 38.3. The van der Waals surface area contributed by atoms with E-state index in [2.05, 4.69) is 21.1 Å². The van der Waals surface area contributed by atoms with Crippen LogP contribution in [-0.4, -0.2) is 127 Å². The molecule has 1 saturated heterocycles. The Labute approximate surface area is 319 Å². The number of carbonyl (C=O) groups excluding carboxylic acids is 1. The summed E-state index contributed by atoms with van der Waals surface area (Å²) in [6.45, 7) is 3.68. The first-order valence-electron chi connectivity index (χ1n) is 18.4. The van der Waals surface area contributed by atoms with Gasteiger partial charge in [-0.25, -0.2) is 9.68 Å². The van der Waals surface area contributed by atoms with Crippen LogP contribution >= 0.6 is 11.6 Å². The van der Waals surface area contributed by atoms with Crippen molar-refractivity contribution in [1.82, 2.24) is 16.1 Å². The SMILES string of the molecule is COCCCN1CCOc2ccc(COC3CNCC(OC(=O)CCCC(CON(O)O)ON(O)O)C3OC3CCC(Oc4ccc(Cl)cc4)CC3)cc21. The zero-order valence-corrected chi connectivity index (χ0v) is 31.3. The van der Waals surface area contributed by atoms with Crippen LogP contribution < -0.4 is 19.7 Å². The molecule has 54 heavy (non-hydrogen) atoms. The Kier molecular flexibility index (Phi) is 17.2. The van der Waals surface area contributed by atoms with Crippen molar-refractivity contribution < 1.29 is 63.7 Å². The van der Waals surface area contributed by atoms with Gasteiger partial charge in [0, 0.05) is 44.8 Å². The van der Waals surface area contributed by atoms with Crippen LogP contribution in [0.2, 0.25) is 5.02 Å². The molecule has 1 aliphatic carbocycles. The second kappa shape index (κ2) is 22.0. The number of fused-ring (bicyclic) bond motifs is 1. The summed E-state index contributed by atoms with van der Waals surface area (Å²) in [6, 6.07) is 13.4. The van der Waals surface area contributed by atoms with Gasteiger partial charge in [0.25, 0.3) is 0 Å². The van der Waals surface area contributed by atoms with Gasteiger partial charge in [-0.2, -0.15) is 0 Å². The maximum absolute atomic E-state index is 13.1. The van der Waals surface area contributed by atoms with E-state index in [0.717, 1.165) is 67.9 Å². The normalized spacial score (nSPS) is 23.6. The molecule has 17 nitrogen and oxygen atoms in total. The molecule has 2 aromatic carbocycles. The highest BCUT2D eigenvalue weighted by atomic mass is 35.5. The van der Waals surface area contributed by atoms with E-state index >= 15 is 0 Å². The van der Waals surface area contributed by atoms with Crippen molar-refractivity contribution in [3.63, 3.8) is 0 Å². The molecule has 0 bridgehead atoms. The Balaban J connectivity index is 1.21. The van der Waals surface area contributed by atoms with E-state index < -0.39 is 47.8 Å². The maximum atomic E-state index is 13.1. The minimum Gasteiger partial charge on any atom is -0.490 e. The molecule has 5 N–H and O–H groups in total. The van der Waals surface area contributed by atoms with Crippen LogP contribution in [-0.2, 0) is 40.0 Å². The fraction of sp³-hybridized carbons (Fsp3) is 0.639. The first kappa shape index (κ1) is 42.3. The van der Waals surface area contributed by atoms with Crippen LogP contribution in [0.15, 0.2) is 42.5 Å². The topological polar surface area (TPSA) is 194 Å². The molecule has 302 valence electrons. The second-order valence-corrected chi connectivity index (χ2v) is 13.9. The Bertz CT molecular complexity index is 1400. The van der Waals surface area contributed by atoms with E-state index in [0.29, 0.717) is 37.9 Å². The van der Waals surface area contributed by atoms with Crippen molar-refractivity contribution in [1.29, 1.82) is 0 Å². The maximum Gasteiger partial charge on any atom is 0.306 e. The molecule has 18 heteroatoms. The van der Waals surface area contributed by atoms with Crippen molar-refractivity contribution in [2.45, 2.75) is 94.6 Å². The molecule has 4 unspecified atom stereocenters. The Morgan fingerprint density at radius 1 is 1.00 bits per heavy atom. The van der Waals surface area contributed by atoms with Gasteiger partial charge in [-0.15, -0.1) is 0 Å². The van der Waals surface area contributed by atoms with E-state index in [9.17, 15) is 4.79 Å². The Morgan fingerprint density at radius 3 is 2.50 bits per heavy atom. The fourth-order valence-electron chi connectivity index (χ4n) is 6.89. The molecule has 2 heterocycles. The number of carbonyl (C=O) groups is 1. The summed E-state index contributed by atoms with van der Waals surface area (Å²) < 4.78 is 36.7. The molecule has 5 rings (SSSR count). The van der Waals surface area contributed by atoms with Gasteiger partial charge in [0.1, 0.15) is 49.1 Å².